The van der Waals surface area contributed by atoms with E-state index in [0.29, 0.717) is 5.56 Å². The molecule has 138 valence electrons. The minimum absolute atomic E-state index is 0.702. The smallest absolute Gasteiger partial charge is 0.0991 e. The van der Waals surface area contributed by atoms with Gasteiger partial charge in [-0.1, -0.05) is 82.6 Å². The SMILES string of the molecule is CCCCCCCCCCCNc1ccc(-c2ccc(C#N)cc2)cc1. The molecule has 0 aliphatic heterocycles. The molecule has 0 heterocycles. The summed E-state index contributed by atoms with van der Waals surface area (Å²) in [4.78, 5) is 0. The highest BCUT2D eigenvalue weighted by Gasteiger charge is 1.99. The summed E-state index contributed by atoms with van der Waals surface area (Å²) in [5, 5.41) is 12.4. The molecule has 2 nitrogen and oxygen atoms in total. The predicted octanol–water partition coefficient (Wildman–Crippen LogP) is 7.17. The number of nitrogens with one attached hydrogen (secondary N) is 1. The summed E-state index contributed by atoms with van der Waals surface area (Å²) in [7, 11) is 0. The Morgan fingerprint density at radius 2 is 1.19 bits per heavy atom. The van der Waals surface area contributed by atoms with Crippen LogP contribution in [0.2, 0.25) is 0 Å². The molecule has 0 spiro atoms. The first-order valence-corrected chi connectivity index (χ1v) is 10.2. The summed E-state index contributed by atoms with van der Waals surface area (Å²) in [5.41, 5.74) is 4.22. The second-order valence-electron chi connectivity index (χ2n) is 7.02. The number of hydrogen-bond donors (Lipinski definition) is 1. The van der Waals surface area contributed by atoms with Gasteiger partial charge in [0, 0.05) is 12.2 Å². The highest BCUT2D eigenvalue weighted by Crippen LogP contribution is 2.22. The third-order valence-electron chi connectivity index (χ3n) is 4.84. The zero-order valence-electron chi connectivity index (χ0n) is 16.1. The lowest BCUT2D eigenvalue weighted by Gasteiger charge is -2.08. The van der Waals surface area contributed by atoms with Gasteiger partial charge in [0.05, 0.1) is 11.6 Å². The summed E-state index contributed by atoms with van der Waals surface area (Å²) in [6.07, 6.45) is 12.3. The van der Waals surface area contributed by atoms with Crippen molar-refractivity contribution < 1.29 is 0 Å². The quantitative estimate of drug-likeness (QED) is 0.413. The highest BCUT2D eigenvalue weighted by atomic mass is 14.9. The normalized spacial score (nSPS) is 10.5. The lowest BCUT2D eigenvalue weighted by Crippen LogP contribution is -2.01. The van der Waals surface area contributed by atoms with Crippen molar-refractivity contribution in [3.63, 3.8) is 0 Å². The van der Waals surface area contributed by atoms with E-state index in [-0.39, 0.29) is 0 Å². The van der Waals surface area contributed by atoms with Gasteiger partial charge >= 0.3 is 0 Å². The van der Waals surface area contributed by atoms with E-state index < -0.39 is 0 Å². The standard InChI is InChI=1S/C24H32N2/c1-2-3-4-5-6-7-8-9-10-19-26-24-17-15-23(16-18-24)22-13-11-21(20-25)12-14-22/h11-18,26H,2-10,19H2,1H3. The first-order valence-electron chi connectivity index (χ1n) is 10.2. The van der Waals surface area contributed by atoms with Crippen LogP contribution < -0.4 is 5.32 Å². The maximum absolute atomic E-state index is 8.87. The van der Waals surface area contributed by atoms with Gasteiger partial charge in [0.25, 0.3) is 0 Å². The number of anilines is 1. The summed E-state index contributed by atoms with van der Waals surface area (Å²) in [6.45, 7) is 3.32. The van der Waals surface area contributed by atoms with Crippen molar-refractivity contribution in [1.29, 1.82) is 5.26 Å². The molecule has 2 heteroatoms. The van der Waals surface area contributed by atoms with Crippen LogP contribution in [0.25, 0.3) is 11.1 Å². The van der Waals surface area contributed by atoms with Gasteiger partial charge in [-0.15, -0.1) is 0 Å². The summed E-state index contributed by atoms with van der Waals surface area (Å²) < 4.78 is 0. The number of nitriles is 1. The number of hydrogen-bond acceptors (Lipinski definition) is 2. The third-order valence-corrected chi connectivity index (χ3v) is 4.84. The molecule has 0 aromatic heterocycles. The zero-order valence-corrected chi connectivity index (χ0v) is 16.1. The Kier molecular flexibility index (Phi) is 9.36. The molecule has 0 bridgehead atoms. The molecular formula is C24H32N2. The predicted molar refractivity (Wildman–Crippen MR) is 112 cm³/mol. The average molecular weight is 349 g/mol. The second-order valence-corrected chi connectivity index (χ2v) is 7.02. The summed E-state index contributed by atoms with van der Waals surface area (Å²) >= 11 is 0. The molecule has 0 radical (unpaired) electrons. The molecule has 0 unspecified atom stereocenters. The fourth-order valence-corrected chi connectivity index (χ4v) is 3.19. The van der Waals surface area contributed by atoms with Crippen LogP contribution in [0.4, 0.5) is 5.69 Å². The average Bonchev–Trinajstić information content (AvgIpc) is 2.70. The number of unbranched alkanes of at least 4 members (excludes halogenated alkanes) is 8. The minimum atomic E-state index is 0.702. The second kappa shape index (κ2) is 12.1. The molecule has 0 saturated carbocycles. The van der Waals surface area contributed by atoms with Crippen LogP contribution in [-0.4, -0.2) is 6.54 Å². The number of rotatable bonds is 12. The van der Waals surface area contributed by atoms with Crippen molar-refractivity contribution in [3.05, 3.63) is 54.1 Å². The lowest BCUT2D eigenvalue weighted by atomic mass is 10.0. The maximum Gasteiger partial charge on any atom is 0.0991 e. The van der Waals surface area contributed by atoms with Crippen molar-refractivity contribution >= 4 is 5.69 Å². The molecule has 0 amide bonds. The van der Waals surface area contributed by atoms with E-state index in [1.54, 1.807) is 0 Å². The molecule has 2 aromatic rings. The van der Waals surface area contributed by atoms with E-state index in [9.17, 15) is 0 Å². The van der Waals surface area contributed by atoms with Gasteiger partial charge in [0.1, 0.15) is 0 Å². The monoisotopic (exact) mass is 348 g/mol. The summed E-state index contributed by atoms with van der Waals surface area (Å²) in [5.74, 6) is 0. The van der Waals surface area contributed by atoms with Gasteiger partial charge in [-0.25, -0.2) is 0 Å². The van der Waals surface area contributed by atoms with E-state index in [1.165, 1.54) is 69.0 Å². The number of benzene rings is 2. The topological polar surface area (TPSA) is 35.8 Å². The van der Waals surface area contributed by atoms with Crippen molar-refractivity contribution in [1.82, 2.24) is 0 Å². The maximum atomic E-state index is 8.87. The Morgan fingerprint density at radius 3 is 1.73 bits per heavy atom. The Balaban J connectivity index is 1.61. The Labute approximate surface area is 159 Å². The Hall–Kier alpha value is -2.27. The fourth-order valence-electron chi connectivity index (χ4n) is 3.19. The van der Waals surface area contributed by atoms with E-state index >= 15 is 0 Å². The largest absolute Gasteiger partial charge is 0.385 e. The van der Waals surface area contributed by atoms with Gasteiger partial charge < -0.3 is 5.32 Å². The molecule has 0 aliphatic rings. The van der Waals surface area contributed by atoms with Crippen molar-refractivity contribution in [2.24, 2.45) is 0 Å². The molecule has 26 heavy (non-hydrogen) atoms. The Bertz CT molecular complexity index is 650. The summed E-state index contributed by atoms with van der Waals surface area (Å²) in [6, 6.07) is 18.5. The van der Waals surface area contributed by atoms with E-state index in [0.717, 1.165) is 12.1 Å². The van der Waals surface area contributed by atoms with Crippen molar-refractivity contribution in [2.45, 2.75) is 64.7 Å². The van der Waals surface area contributed by atoms with E-state index in [2.05, 4.69) is 42.6 Å². The van der Waals surface area contributed by atoms with E-state index in [1.807, 2.05) is 24.3 Å². The van der Waals surface area contributed by atoms with Crippen LogP contribution >= 0.6 is 0 Å². The number of nitrogens with zero attached hydrogens (tertiary/aromatic N) is 1. The van der Waals surface area contributed by atoms with Crippen LogP contribution in [0.1, 0.15) is 70.3 Å². The first kappa shape index (κ1) is 20.0. The third kappa shape index (κ3) is 7.31. The van der Waals surface area contributed by atoms with Gasteiger partial charge in [0.15, 0.2) is 0 Å². The van der Waals surface area contributed by atoms with Crippen molar-refractivity contribution in [3.8, 4) is 17.2 Å². The molecule has 0 fully saturated rings. The molecule has 2 rings (SSSR count). The first-order chi connectivity index (χ1) is 12.8. The molecule has 0 aliphatic carbocycles. The Morgan fingerprint density at radius 1 is 0.692 bits per heavy atom. The molecule has 0 atom stereocenters. The highest BCUT2D eigenvalue weighted by molar-refractivity contribution is 5.66. The van der Waals surface area contributed by atoms with Crippen LogP contribution in [-0.2, 0) is 0 Å². The van der Waals surface area contributed by atoms with Crippen LogP contribution in [0, 0.1) is 11.3 Å². The molecule has 1 N–H and O–H groups in total. The fraction of sp³-hybridized carbons (Fsp3) is 0.458. The van der Waals surface area contributed by atoms with Crippen molar-refractivity contribution in [2.75, 3.05) is 11.9 Å². The molecule has 0 saturated heterocycles. The molecular weight excluding hydrogens is 316 g/mol. The lowest BCUT2D eigenvalue weighted by molar-refractivity contribution is 0.569. The van der Waals surface area contributed by atoms with Gasteiger partial charge in [-0.2, -0.15) is 5.26 Å². The van der Waals surface area contributed by atoms with Crippen LogP contribution in [0.5, 0.6) is 0 Å². The minimum Gasteiger partial charge on any atom is -0.385 e. The van der Waals surface area contributed by atoms with Crippen LogP contribution in [0.3, 0.4) is 0 Å². The van der Waals surface area contributed by atoms with Gasteiger partial charge in [-0.3, -0.25) is 0 Å². The molecule has 2 aromatic carbocycles. The zero-order chi connectivity index (χ0) is 18.5. The van der Waals surface area contributed by atoms with Crippen LogP contribution in [0.15, 0.2) is 48.5 Å². The van der Waals surface area contributed by atoms with Gasteiger partial charge in [0.2, 0.25) is 0 Å². The van der Waals surface area contributed by atoms with Gasteiger partial charge in [-0.05, 0) is 41.8 Å². The van der Waals surface area contributed by atoms with E-state index in [4.69, 9.17) is 5.26 Å².